The maximum absolute atomic E-state index is 11.2. The Hall–Kier alpha value is -0.210. The highest BCUT2D eigenvalue weighted by atomic mass is 32.2. The fourth-order valence-corrected chi connectivity index (χ4v) is 3.61. The molecule has 2 rings (SSSR count). The Morgan fingerprint density at radius 3 is 2.88 bits per heavy atom. The number of ether oxygens (including phenoxy) is 1. The molecule has 0 spiro atoms. The molecule has 17 heavy (non-hydrogen) atoms. The minimum atomic E-state index is -3.30. The number of hydrogen-bond donors (Lipinski definition) is 1. The predicted octanol–water partition coefficient (Wildman–Crippen LogP) is -0.988. The largest absolute Gasteiger partial charge is 0.375 e. The Kier molecular flexibility index (Phi) is 4.37. The molecule has 0 saturated carbocycles. The summed E-state index contributed by atoms with van der Waals surface area (Å²) < 4.78 is 32.9. The van der Waals surface area contributed by atoms with Gasteiger partial charge in [0.2, 0.25) is 0 Å². The van der Waals surface area contributed by atoms with Crippen LogP contribution in [0.15, 0.2) is 0 Å². The van der Waals surface area contributed by atoms with Crippen molar-refractivity contribution in [3.63, 3.8) is 0 Å². The van der Waals surface area contributed by atoms with Gasteiger partial charge in [-0.05, 0) is 19.5 Å². The fourth-order valence-electron chi connectivity index (χ4n) is 2.30. The van der Waals surface area contributed by atoms with Crippen molar-refractivity contribution in [1.82, 2.24) is 4.90 Å². The summed E-state index contributed by atoms with van der Waals surface area (Å²) in [4.78, 5) is 2.28. The van der Waals surface area contributed by atoms with Gasteiger partial charge >= 0.3 is 0 Å². The molecule has 0 aromatic rings. The van der Waals surface area contributed by atoms with Crippen LogP contribution in [0.4, 0.5) is 0 Å². The smallest absolute Gasteiger partial charge is 0.267 e. The van der Waals surface area contributed by atoms with Crippen molar-refractivity contribution in [3.8, 4) is 0 Å². The van der Waals surface area contributed by atoms with Crippen molar-refractivity contribution in [1.29, 1.82) is 0 Å². The zero-order valence-electron chi connectivity index (χ0n) is 9.88. The van der Waals surface area contributed by atoms with Crippen molar-refractivity contribution < 1.29 is 17.3 Å². The first-order valence-corrected chi connectivity index (χ1v) is 7.59. The maximum Gasteiger partial charge on any atom is 0.267 e. The standard InChI is InChI=1S/C10H20N2O4S/c11-2-1-3-12-4-5-15-10(6-12)9-7-16-17(13,14)8-9/h9-10H,1-8,11H2. The van der Waals surface area contributed by atoms with Crippen LogP contribution in [-0.4, -0.2) is 64.6 Å². The summed E-state index contributed by atoms with van der Waals surface area (Å²) in [6.07, 6.45) is 0.936. The van der Waals surface area contributed by atoms with Gasteiger partial charge in [-0.3, -0.25) is 9.08 Å². The fraction of sp³-hybridized carbons (Fsp3) is 1.00. The van der Waals surface area contributed by atoms with Crippen molar-refractivity contribution in [2.75, 3.05) is 45.1 Å². The lowest BCUT2D eigenvalue weighted by molar-refractivity contribution is -0.0560. The average Bonchev–Trinajstić information content (AvgIpc) is 2.67. The van der Waals surface area contributed by atoms with E-state index in [1.54, 1.807) is 0 Å². The maximum atomic E-state index is 11.2. The van der Waals surface area contributed by atoms with E-state index in [2.05, 4.69) is 4.90 Å². The number of morpholine rings is 1. The lowest BCUT2D eigenvalue weighted by atomic mass is 10.0. The van der Waals surface area contributed by atoms with E-state index in [9.17, 15) is 8.42 Å². The molecule has 100 valence electrons. The molecule has 2 saturated heterocycles. The Balaban J connectivity index is 1.85. The molecule has 0 radical (unpaired) electrons. The van der Waals surface area contributed by atoms with Crippen LogP contribution in [0, 0.1) is 5.92 Å². The highest BCUT2D eigenvalue weighted by Gasteiger charge is 2.37. The molecule has 2 aliphatic heterocycles. The summed E-state index contributed by atoms with van der Waals surface area (Å²) in [6, 6.07) is 0. The second-order valence-electron chi connectivity index (χ2n) is 4.62. The molecule has 2 unspecified atom stereocenters. The first-order chi connectivity index (χ1) is 8.11. The van der Waals surface area contributed by atoms with Gasteiger partial charge in [0.25, 0.3) is 10.1 Å². The molecular formula is C10H20N2O4S. The van der Waals surface area contributed by atoms with Crippen molar-refractivity contribution in [3.05, 3.63) is 0 Å². The molecule has 0 aromatic carbocycles. The molecular weight excluding hydrogens is 244 g/mol. The SMILES string of the molecule is NCCCN1CCOC(C2COS(=O)(=O)C2)C1. The molecule has 0 aromatic heterocycles. The molecule has 2 fully saturated rings. The van der Waals surface area contributed by atoms with Crippen LogP contribution >= 0.6 is 0 Å². The number of nitrogens with two attached hydrogens (primary N) is 1. The average molecular weight is 264 g/mol. The van der Waals surface area contributed by atoms with Crippen molar-refractivity contribution in [2.45, 2.75) is 12.5 Å². The quantitative estimate of drug-likeness (QED) is 0.657. The summed E-state index contributed by atoms with van der Waals surface area (Å²) >= 11 is 0. The van der Waals surface area contributed by atoms with Crippen LogP contribution in [0.1, 0.15) is 6.42 Å². The summed E-state index contributed by atoms with van der Waals surface area (Å²) in [7, 11) is -3.30. The van der Waals surface area contributed by atoms with Gasteiger partial charge in [0.15, 0.2) is 0 Å². The summed E-state index contributed by atoms with van der Waals surface area (Å²) in [5, 5.41) is 0. The molecule has 0 aliphatic carbocycles. The highest BCUT2D eigenvalue weighted by molar-refractivity contribution is 7.86. The number of nitrogens with zero attached hydrogens (tertiary/aromatic N) is 1. The molecule has 2 heterocycles. The molecule has 2 N–H and O–H groups in total. The van der Waals surface area contributed by atoms with Gasteiger partial charge in [-0.15, -0.1) is 0 Å². The summed E-state index contributed by atoms with van der Waals surface area (Å²) in [6.45, 7) is 4.24. The van der Waals surface area contributed by atoms with E-state index in [1.807, 2.05) is 0 Å². The topological polar surface area (TPSA) is 81.9 Å². The monoisotopic (exact) mass is 264 g/mol. The second kappa shape index (κ2) is 5.62. The number of rotatable bonds is 4. The van der Waals surface area contributed by atoms with Crippen molar-refractivity contribution >= 4 is 10.1 Å². The zero-order chi connectivity index (χ0) is 12.3. The molecule has 2 aliphatic rings. The molecule has 7 heteroatoms. The van der Waals surface area contributed by atoms with Crippen LogP contribution in [0.25, 0.3) is 0 Å². The Bertz CT molecular complexity index is 346. The Labute approximate surface area is 102 Å². The lowest BCUT2D eigenvalue weighted by Gasteiger charge is -2.34. The third-order valence-electron chi connectivity index (χ3n) is 3.26. The van der Waals surface area contributed by atoms with Crippen LogP contribution in [0.5, 0.6) is 0 Å². The van der Waals surface area contributed by atoms with Gasteiger partial charge in [-0.2, -0.15) is 8.42 Å². The van der Waals surface area contributed by atoms with Gasteiger partial charge in [0, 0.05) is 19.0 Å². The van der Waals surface area contributed by atoms with E-state index in [4.69, 9.17) is 14.7 Å². The van der Waals surface area contributed by atoms with Crippen LogP contribution in [-0.2, 0) is 19.0 Å². The van der Waals surface area contributed by atoms with Gasteiger partial charge < -0.3 is 10.5 Å². The predicted molar refractivity (Wildman–Crippen MR) is 63.1 cm³/mol. The normalized spacial score (nSPS) is 33.9. The summed E-state index contributed by atoms with van der Waals surface area (Å²) in [5.41, 5.74) is 5.48. The van der Waals surface area contributed by atoms with Gasteiger partial charge in [-0.1, -0.05) is 0 Å². The molecule has 0 bridgehead atoms. The van der Waals surface area contributed by atoms with Gasteiger partial charge in [-0.25, -0.2) is 0 Å². The van der Waals surface area contributed by atoms with Gasteiger partial charge in [0.05, 0.1) is 25.1 Å². The van der Waals surface area contributed by atoms with Gasteiger partial charge in [0.1, 0.15) is 0 Å². The molecule has 6 nitrogen and oxygen atoms in total. The van der Waals surface area contributed by atoms with E-state index >= 15 is 0 Å². The highest BCUT2D eigenvalue weighted by Crippen LogP contribution is 2.23. The minimum Gasteiger partial charge on any atom is -0.375 e. The van der Waals surface area contributed by atoms with Crippen LogP contribution < -0.4 is 5.73 Å². The Morgan fingerprint density at radius 1 is 1.41 bits per heavy atom. The Morgan fingerprint density at radius 2 is 2.24 bits per heavy atom. The summed E-state index contributed by atoms with van der Waals surface area (Å²) in [5.74, 6) is 0.0586. The third kappa shape index (κ3) is 3.62. The molecule has 0 amide bonds. The van der Waals surface area contributed by atoms with E-state index in [0.29, 0.717) is 13.2 Å². The zero-order valence-corrected chi connectivity index (χ0v) is 10.7. The first kappa shape index (κ1) is 13.2. The lowest BCUT2D eigenvalue weighted by Crippen LogP contribution is -2.47. The first-order valence-electron chi connectivity index (χ1n) is 6.02. The van der Waals surface area contributed by atoms with Crippen LogP contribution in [0.3, 0.4) is 0 Å². The number of hydrogen-bond acceptors (Lipinski definition) is 6. The third-order valence-corrected chi connectivity index (χ3v) is 4.59. The second-order valence-corrected chi connectivity index (χ2v) is 6.31. The molecule has 2 atom stereocenters. The van der Waals surface area contributed by atoms with E-state index in [1.165, 1.54) is 0 Å². The van der Waals surface area contributed by atoms with Crippen molar-refractivity contribution in [2.24, 2.45) is 11.7 Å². The minimum absolute atomic E-state index is 0.0272. The van der Waals surface area contributed by atoms with Crippen LogP contribution in [0.2, 0.25) is 0 Å². The van der Waals surface area contributed by atoms with E-state index in [0.717, 1.165) is 26.1 Å². The van der Waals surface area contributed by atoms with E-state index < -0.39 is 10.1 Å². The van der Waals surface area contributed by atoms with E-state index in [-0.39, 0.29) is 24.4 Å².